The standard InChI is InChI=1S/C20H29NO14S2/c1-8-13(23)15(25)17(27)19(32-8)33-10-5-3-2-4-9(10)6-12(21-35-37(29,30)31)36-20-18(28)16(26)14(24)11(7-22)34-20/h2-5,8,11,13-20,22-28H,6-7H2,1H3,(H,29,30,31)/b21-12-/t8-,11+,13-,14-,15-,16-,17+,18+,19-,20+/m0/s1. The number of nitrogens with zero attached hydrogens (tertiary/aromatic N) is 1. The van der Waals surface area contributed by atoms with Crippen LogP contribution in [0.25, 0.3) is 0 Å². The van der Waals surface area contributed by atoms with Gasteiger partial charge in [-0.05, 0) is 13.0 Å². The SMILES string of the molecule is C[C@@H]1O[C@@H](Oc2ccccc2C/C(=N/OS(=O)(=O)O)S[C@H]2O[C@H](CO)[C@H](O)[C@H](O)[C@H]2O)[C@H](O)[C@@H](O)[C@H]1O. The number of thioether (sulfide) groups is 1. The monoisotopic (exact) mass is 571 g/mol. The fourth-order valence-electron chi connectivity index (χ4n) is 3.65. The molecule has 3 rings (SSSR count). The highest BCUT2D eigenvalue weighted by Crippen LogP contribution is 2.32. The van der Waals surface area contributed by atoms with Gasteiger partial charge in [0.25, 0.3) is 0 Å². The molecule has 10 atom stereocenters. The first kappa shape index (κ1) is 29.9. The van der Waals surface area contributed by atoms with Crippen LogP contribution in [0.1, 0.15) is 12.5 Å². The number of benzene rings is 1. The first-order chi connectivity index (χ1) is 17.3. The van der Waals surface area contributed by atoms with Crippen molar-refractivity contribution in [2.24, 2.45) is 5.16 Å². The Bertz CT molecular complexity index is 1040. The molecule has 2 saturated heterocycles. The van der Waals surface area contributed by atoms with Gasteiger partial charge in [0.2, 0.25) is 6.29 Å². The molecule has 2 fully saturated rings. The van der Waals surface area contributed by atoms with E-state index in [1.54, 1.807) is 12.1 Å². The highest BCUT2D eigenvalue weighted by molar-refractivity contribution is 8.14. The van der Waals surface area contributed by atoms with Gasteiger partial charge in [0, 0.05) is 12.0 Å². The summed E-state index contributed by atoms with van der Waals surface area (Å²) in [5.74, 6) is 0.0938. The maximum Gasteiger partial charge on any atom is 0.466 e. The average molecular weight is 572 g/mol. The van der Waals surface area contributed by atoms with Crippen LogP contribution in [0, 0.1) is 0 Å². The van der Waals surface area contributed by atoms with Crippen molar-refractivity contribution in [1.82, 2.24) is 0 Å². The van der Waals surface area contributed by atoms with Crippen molar-refractivity contribution in [3.05, 3.63) is 29.8 Å². The van der Waals surface area contributed by atoms with Crippen LogP contribution in [0.5, 0.6) is 5.75 Å². The van der Waals surface area contributed by atoms with Gasteiger partial charge in [-0.2, -0.15) is 8.42 Å². The fourth-order valence-corrected chi connectivity index (χ4v) is 4.96. The van der Waals surface area contributed by atoms with Crippen molar-refractivity contribution < 1.29 is 67.2 Å². The molecular formula is C20H29NO14S2. The maximum atomic E-state index is 11.1. The second kappa shape index (κ2) is 12.5. The lowest BCUT2D eigenvalue weighted by Crippen LogP contribution is -2.58. The third kappa shape index (κ3) is 7.49. The van der Waals surface area contributed by atoms with E-state index in [0.717, 1.165) is 0 Å². The smallest absolute Gasteiger partial charge is 0.462 e. The zero-order valence-electron chi connectivity index (χ0n) is 19.3. The number of hydrogen-bond donors (Lipinski definition) is 8. The molecule has 15 nitrogen and oxygen atoms in total. The number of oxime groups is 1. The minimum Gasteiger partial charge on any atom is -0.462 e. The molecule has 17 heteroatoms. The normalized spacial score (nSPS) is 37.3. The van der Waals surface area contributed by atoms with E-state index in [2.05, 4.69) is 9.44 Å². The van der Waals surface area contributed by atoms with E-state index in [-0.39, 0.29) is 17.2 Å². The molecular weight excluding hydrogens is 542 g/mol. The molecule has 37 heavy (non-hydrogen) atoms. The molecule has 1 aromatic carbocycles. The molecule has 0 aliphatic carbocycles. The quantitative estimate of drug-likeness (QED) is 0.0675. The van der Waals surface area contributed by atoms with Crippen LogP contribution in [0.4, 0.5) is 0 Å². The van der Waals surface area contributed by atoms with Gasteiger partial charge in [0.1, 0.15) is 59.0 Å². The number of aliphatic hydroxyl groups is 7. The lowest BCUT2D eigenvalue weighted by atomic mass is 10.00. The van der Waals surface area contributed by atoms with Crippen molar-refractivity contribution in [3.63, 3.8) is 0 Å². The van der Waals surface area contributed by atoms with Crippen molar-refractivity contribution in [3.8, 4) is 5.75 Å². The van der Waals surface area contributed by atoms with E-state index in [0.29, 0.717) is 17.3 Å². The first-order valence-corrected chi connectivity index (χ1v) is 13.2. The summed E-state index contributed by atoms with van der Waals surface area (Å²) in [6.07, 6.45) is -13.3. The number of para-hydroxylation sites is 1. The van der Waals surface area contributed by atoms with Crippen LogP contribution in [0.3, 0.4) is 0 Å². The number of rotatable bonds is 8. The van der Waals surface area contributed by atoms with E-state index in [4.69, 9.17) is 18.8 Å². The predicted octanol–water partition coefficient (Wildman–Crippen LogP) is -2.90. The van der Waals surface area contributed by atoms with Gasteiger partial charge in [-0.25, -0.2) is 4.28 Å². The van der Waals surface area contributed by atoms with Crippen LogP contribution in [0.2, 0.25) is 0 Å². The van der Waals surface area contributed by atoms with Gasteiger partial charge in [-0.15, -0.1) is 0 Å². The van der Waals surface area contributed by atoms with Crippen LogP contribution in [-0.4, -0.2) is 121 Å². The molecule has 8 N–H and O–H groups in total. The van der Waals surface area contributed by atoms with Gasteiger partial charge in [0.15, 0.2) is 0 Å². The summed E-state index contributed by atoms with van der Waals surface area (Å²) in [6.45, 7) is 0.770. The molecule has 1 aromatic rings. The lowest BCUT2D eigenvalue weighted by Gasteiger charge is -2.39. The van der Waals surface area contributed by atoms with Gasteiger partial charge in [-0.1, -0.05) is 35.1 Å². The van der Waals surface area contributed by atoms with Gasteiger partial charge in [0.05, 0.1) is 12.7 Å². The van der Waals surface area contributed by atoms with Gasteiger partial charge < -0.3 is 50.0 Å². The van der Waals surface area contributed by atoms with Crippen molar-refractivity contribution >= 4 is 27.2 Å². The second-order valence-corrected chi connectivity index (χ2v) is 10.6. The number of ether oxygens (including phenoxy) is 3. The Morgan fingerprint density at radius 1 is 0.973 bits per heavy atom. The van der Waals surface area contributed by atoms with E-state index in [9.17, 15) is 44.2 Å². The molecule has 2 aliphatic heterocycles. The summed E-state index contributed by atoms with van der Waals surface area (Å²) in [6, 6.07) is 6.14. The van der Waals surface area contributed by atoms with E-state index < -0.39 is 77.6 Å². The van der Waals surface area contributed by atoms with Crippen molar-refractivity contribution in [2.75, 3.05) is 6.61 Å². The topological polar surface area (TPSA) is 245 Å². The average Bonchev–Trinajstić information content (AvgIpc) is 2.85. The molecule has 0 saturated carbocycles. The zero-order valence-corrected chi connectivity index (χ0v) is 20.9. The first-order valence-electron chi connectivity index (χ1n) is 11.0. The van der Waals surface area contributed by atoms with Gasteiger partial charge >= 0.3 is 10.4 Å². The van der Waals surface area contributed by atoms with E-state index >= 15 is 0 Å². The summed E-state index contributed by atoms with van der Waals surface area (Å²) in [5.41, 5.74) is -1.05. The molecule has 2 aliphatic rings. The molecule has 0 radical (unpaired) electrons. The summed E-state index contributed by atoms with van der Waals surface area (Å²) >= 11 is 0.576. The van der Waals surface area contributed by atoms with E-state index in [1.165, 1.54) is 19.1 Å². The van der Waals surface area contributed by atoms with Crippen LogP contribution in [0.15, 0.2) is 29.4 Å². The summed E-state index contributed by atoms with van der Waals surface area (Å²) in [5, 5.41) is 73.1. The maximum absolute atomic E-state index is 11.1. The Balaban J connectivity index is 1.84. The molecule has 2 heterocycles. The van der Waals surface area contributed by atoms with Crippen LogP contribution >= 0.6 is 11.8 Å². The highest BCUT2D eigenvalue weighted by atomic mass is 32.3. The summed E-state index contributed by atoms with van der Waals surface area (Å²) < 4.78 is 51.8. The Morgan fingerprint density at radius 3 is 2.27 bits per heavy atom. The zero-order chi connectivity index (χ0) is 27.5. The number of hydrogen-bond acceptors (Lipinski definition) is 15. The Hall–Kier alpha value is -1.61. The predicted molar refractivity (Wildman–Crippen MR) is 125 cm³/mol. The van der Waals surface area contributed by atoms with Crippen LogP contribution in [-0.2, 0) is 30.6 Å². The van der Waals surface area contributed by atoms with Crippen LogP contribution < -0.4 is 4.74 Å². The summed E-state index contributed by atoms with van der Waals surface area (Å²) in [4.78, 5) is 0. The Kier molecular flexibility index (Phi) is 10.1. The van der Waals surface area contributed by atoms with Gasteiger partial charge in [-0.3, -0.25) is 4.55 Å². The largest absolute Gasteiger partial charge is 0.466 e. The Labute approximate surface area is 215 Å². The molecule has 0 aromatic heterocycles. The summed E-state index contributed by atoms with van der Waals surface area (Å²) in [7, 11) is -5.03. The highest BCUT2D eigenvalue weighted by Gasteiger charge is 2.45. The molecule has 0 unspecified atom stereocenters. The fraction of sp³-hybridized carbons (Fsp3) is 0.650. The lowest BCUT2D eigenvalue weighted by molar-refractivity contribution is -0.268. The molecule has 0 amide bonds. The third-order valence-corrected chi connectivity index (χ3v) is 7.08. The minimum absolute atomic E-state index is 0.0938. The second-order valence-electron chi connectivity index (χ2n) is 8.39. The van der Waals surface area contributed by atoms with E-state index in [1.807, 2.05) is 0 Å². The minimum atomic E-state index is -5.03. The number of aliphatic hydroxyl groups excluding tert-OH is 7. The van der Waals surface area contributed by atoms with Crippen molar-refractivity contribution in [2.45, 2.75) is 73.9 Å². The molecule has 210 valence electrons. The molecule has 0 spiro atoms. The van der Waals surface area contributed by atoms with Crippen molar-refractivity contribution in [1.29, 1.82) is 0 Å². The Morgan fingerprint density at radius 2 is 1.62 bits per heavy atom. The third-order valence-electron chi connectivity index (χ3n) is 5.70. The molecule has 0 bridgehead atoms.